The lowest BCUT2D eigenvalue weighted by Crippen LogP contribution is -1.98. The molecule has 27 heavy (non-hydrogen) atoms. The monoisotopic (exact) mass is 384 g/mol. The van der Waals surface area contributed by atoms with Crippen LogP contribution in [-0.4, -0.2) is 12.7 Å². The summed E-state index contributed by atoms with van der Waals surface area (Å²) in [6.45, 7) is 0. The van der Waals surface area contributed by atoms with Crippen molar-refractivity contribution < 1.29 is 9.68 Å². The molecule has 128 valence electrons. The van der Waals surface area contributed by atoms with Gasteiger partial charge >= 0.3 is 7.69 Å². The van der Waals surface area contributed by atoms with Crippen LogP contribution in [0.25, 0.3) is 51.1 Å². The molecule has 0 saturated carbocycles. The maximum absolute atomic E-state index is 9.05. The summed E-state index contributed by atoms with van der Waals surface area (Å²) in [5, 5.41) is 16.8. The minimum absolute atomic E-state index is 0.304. The molecule has 0 aliphatic heterocycles. The largest absolute Gasteiger partial charge is 0.539 e. The first kappa shape index (κ1) is 15.5. The van der Waals surface area contributed by atoms with Crippen LogP contribution in [-0.2, 0) is 0 Å². The SMILES string of the molecule is OBOc1ccc2sc3c(ccc4c3sc3ccc5ccccc5c34)c2c1. The molecule has 0 fully saturated rings. The van der Waals surface area contributed by atoms with Gasteiger partial charge in [0.15, 0.2) is 0 Å². The smallest absolute Gasteiger partial charge is 0.504 e. The number of thiophene rings is 2. The summed E-state index contributed by atoms with van der Waals surface area (Å²) in [7, 11) is -0.304. The van der Waals surface area contributed by atoms with Gasteiger partial charge in [0.2, 0.25) is 0 Å². The fourth-order valence-corrected chi connectivity index (χ4v) is 6.52. The molecule has 2 aromatic heterocycles. The van der Waals surface area contributed by atoms with Gasteiger partial charge in [-0.3, -0.25) is 0 Å². The number of hydrogen-bond acceptors (Lipinski definition) is 4. The highest BCUT2D eigenvalue weighted by atomic mass is 32.1. The first-order valence-electron chi connectivity index (χ1n) is 8.76. The first-order chi connectivity index (χ1) is 13.3. The predicted octanol–water partition coefficient (Wildman–Crippen LogP) is 6.21. The Morgan fingerprint density at radius 3 is 2.41 bits per heavy atom. The summed E-state index contributed by atoms with van der Waals surface area (Å²) in [6.07, 6.45) is 0. The Morgan fingerprint density at radius 2 is 1.48 bits per heavy atom. The molecule has 0 saturated heterocycles. The summed E-state index contributed by atoms with van der Waals surface area (Å²) < 4.78 is 10.5. The molecule has 6 aromatic rings. The number of fused-ring (bicyclic) bond motifs is 9. The lowest BCUT2D eigenvalue weighted by molar-refractivity contribution is 0.454. The quantitative estimate of drug-likeness (QED) is 0.360. The second-order valence-corrected chi connectivity index (χ2v) is 8.72. The van der Waals surface area contributed by atoms with E-state index in [1.807, 2.05) is 34.8 Å². The fourth-order valence-electron chi connectivity index (χ4n) is 3.98. The van der Waals surface area contributed by atoms with E-state index < -0.39 is 0 Å². The highest BCUT2D eigenvalue weighted by molar-refractivity contribution is 7.33. The van der Waals surface area contributed by atoms with Gasteiger partial charge in [-0.15, -0.1) is 22.7 Å². The molecule has 0 amide bonds. The highest BCUT2D eigenvalue weighted by Crippen LogP contribution is 2.46. The van der Waals surface area contributed by atoms with Crippen LogP contribution in [0.2, 0.25) is 0 Å². The Balaban J connectivity index is 1.76. The lowest BCUT2D eigenvalue weighted by atomic mass is 10.0. The van der Waals surface area contributed by atoms with E-state index in [0.29, 0.717) is 5.75 Å². The van der Waals surface area contributed by atoms with Gasteiger partial charge in [-0.1, -0.05) is 42.5 Å². The molecule has 0 aliphatic carbocycles. The van der Waals surface area contributed by atoms with Crippen LogP contribution < -0.4 is 4.65 Å². The first-order valence-corrected chi connectivity index (χ1v) is 10.4. The van der Waals surface area contributed by atoms with E-state index in [2.05, 4.69) is 54.6 Å². The van der Waals surface area contributed by atoms with Gasteiger partial charge in [0.1, 0.15) is 5.75 Å². The third-order valence-electron chi connectivity index (χ3n) is 5.17. The number of hydrogen-bond donors (Lipinski definition) is 1. The fraction of sp³-hybridized carbons (Fsp3) is 0. The van der Waals surface area contributed by atoms with Crippen LogP contribution in [0.4, 0.5) is 0 Å². The average Bonchev–Trinajstić information content (AvgIpc) is 3.26. The summed E-state index contributed by atoms with van der Waals surface area (Å²) in [4.78, 5) is 0. The van der Waals surface area contributed by atoms with Gasteiger partial charge in [-0.05, 0) is 35.0 Å². The van der Waals surface area contributed by atoms with E-state index in [-0.39, 0.29) is 7.69 Å². The van der Waals surface area contributed by atoms with Gasteiger partial charge < -0.3 is 9.68 Å². The summed E-state index contributed by atoms with van der Waals surface area (Å²) in [6, 6.07) is 23.6. The van der Waals surface area contributed by atoms with E-state index in [1.165, 1.54) is 51.1 Å². The van der Waals surface area contributed by atoms with E-state index in [4.69, 9.17) is 9.68 Å². The molecule has 4 aromatic carbocycles. The molecule has 2 nitrogen and oxygen atoms in total. The molecular weight excluding hydrogens is 371 g/mol. The molecule has 2 heterocycles. The van der Waals surface area contributed by atoms with E-state index in [9.17, 15) is 0 Å². The van der Waals surface area contributed by atoms with Crippen molar-refractivity contribution in [1.82, 2.24) is 0 Å². The minimum Gasteiger partial charge on any atom is -0.539 e. The van der Waals surface area contributed by atoms with E-state index in [1.54, 1.807) is 0 Å². The van der Waals surface area contributed by atoms with E-state index >= 15 is 0 Å². The number of benzene rings is 4. The van der Waals surface area contributed by atoms with Gasteiger partial charge in [-0.25, -0.2) is 0 Å². The van der Waals surface area contributed by atoms with E-state index in [0.717, 1.165) is 0 Å². The number of rotatable bonds is 2. The van der Waals surface area contributed by atoms with Crippen molar-refractivity contribution in [3.8, 4) is 5.75 Å². The lowest BCUT2D eigenvalue weighted by Gasteiger charge is -2.01. The molecule has 0 atom stereocenters. The molecule has 5 heteroatoms. The zero-order valence-electron chi connectivity index (χ0n) is 14.2. The second-order valence-electron chi connectivity index (χ2n) is 6.61. The highest BCUT2D eigenvalue weighted by Gasteiger charge is 2.14. The van der Waals surface area contributed by atoms with Crippen molar-refractivity contribution in [2.75, 3.05) is 0 Å². The minimum atomic E-state index is -0.304. The van der Waals surface area contributed by atoms with Gasteiger partial charge in [0.25, 0.3) is 0 Å². The molecular formula is C22H13BO2S2. The van der Waals surface area contributed by atoms with Crippen molar-refractivity contribution in [3.05, 3.63) is 66.7 Å². The summed E-state index contributed by atoms with van der Waals surface area (Å²) in [5.74, 6) is 0.701. The Morgan fingerprint density at radius 1 is 0.704 bits per heavy atom. The standard InChI is InChI=1S/C22H13BO2S2/c24-23-25-13-6-10-18-17(11-13)15-7-8-16-20-14-4-2-1-3-12(14)5-9-19(20)27-22(16)21(15)26-18/h1-11,23-24H. The van der Waals surface area contributed by atoms with Crippen molar-refractivity contribution >= 4 is 81.5 Å². The third-order valence-corrected chi connectivity index (χ3v) is 7.69. The Labute approximate surface area is 163 Å². The normalized spacial score (nSPS) is 11.9. The van der Waals surface area contributed by atoms with Crippen LogP contribution in [0.1, 0.15) is 0 Å². The molecule has 0 radical (unpaired) electrons. The molecule has 0 unspecified atom stereocenters. The maximum Gasteiger partial charge on any atom is 0.504 e. The van der Waals surface area contributed by atoms with Gasteiger partial charge in [0, 0.05) is 30.9 Å². The maximum atomic E-state index is 9.05. The van der Waals surface area contributed by atoms with Crippen LogP contribution in [0.5, 0.6) is 5.75 Å². The van der Waals surface area contributed by atoms with Crippen molar-refractivity contribution in [2.24, 2.45) is 0 Å². The average molecular weight is 384 g/mol. The van der Waals surface area contributed by atoms with Crippen LogP contribution in [0.3, 0.4) is 0 Å². The topological polar surface area (TPSA) is 29.5 Å². The summed E-state index contributed by atoms with van der Waals surface area (Å²) in [5.41, 5.74) is 0. The molecule has 6 rings (SSSR count). The van der Waals surface area contributed by atoms with Crippen LogP contribution in [0.15, 0.2) is 66.7 Å². The molecule has 1 N–H and O–H groups in total. The van der Waals surface area contributed by atoms with Crippen molar-refractivity contribution in [3.63, 3.8) is 0 Å². The van der Waals surface area contributed by atoms with Gasteiger partial charge in [-0.2, -0.15) is 0 Å². The molecule has 0 aliphatic rings. The van der Waals surface area contributed by atoms with Crippen LogP contribution >= 0.6 is 22.7 Å². The zero-order valence-corrected chi connectivity index (χ0v) is 15.9. The van der Waals surface area contributed by atoms with Crippen molar-refractivity contribution in [2.45, 2.75) is 0 Å². The Kier molecular flexibility index (Phi) is 3.26. The molecule has 0 spiro atoms. The van der Waals surface area contributed by atoms with Gasteiger partial charge in [0.05, 0.1) is 9.40 Å². The zero-order chi connectivity index (χ0) is 18.0. The Hall–Kier alpha value is -2.60. The van der Waals surface area contributed by atoms with Crippen molar-refractivity contribution in [1.29, 1.82) is 0 Å². The Bertz CT molecular complexity index is 1500. The van der Waals surface area contributed by atoms with Crippen LogP contribution in [0, 0.1) is 0 Å². The predicted molar refractivity (Wildman–Crippen MR) is 120 cm³/mol. The second kappa shape index (κ2) is 5.70. The third kappa shape index (κ3) is 2.16. The summed E-state index contributed by atoms with van der Waals surface area (Å²) >= 11 is 3.71. The molecule has 0 bridgehead atoms.